The molecule has 9 nitrogen and oxygen atoms in total. The lowest BCUT2D eigenvalue weighted by molar-refractivity contribution is -0.00627. The fourth-order valence-electron chi connectivity index (χ4n) is 3.92. The van der Waals surface area contributed by atoms with Gasteiger partial charge in [-0.2, -0.15) is 10.2 Å². The van der Waals surface area contributed by atoms with Crippen LogP contribution in [-0.2, 0) is 6.54 Å². The van der Waals surface area contributed by atoms with Gasteiger partial charge in [0.2, 0.25) is 0 Å². The van der Waals surface area contributed by atoms with E-state index in [1.165, 1.54) is 10.9 Å². The summed E-state index contributed by atoms with van der Waals surface area (Å²) in [5.74, 6) is 0. The van der Waals surface area contributed by atoms with Gasteiger partial charge in [0.05, 0.1) is 35.9 Å². The fourth-order valence-corrected chi connectivity index (χ4v) is 3.92. The quantitative estimate of drug-likeness (QED) is 0.529. The molecule has 1 aromatic carbocycles. The Kier molecular flexibility index (Phi) is 4.48. The Labute approximate surface area is 172 Å². The number of aliphatic hydroxyl groups is 1. The van der Waals surface area contributed by atoms with Crippen molar-refractivity contribution in [1.29, 1.82) is 0 Å². The van der Waals surface area contributed by atoms with Crippen LogP contribution in [0.5, 0.6) is 0 Å². The summed E-state index contributed by atoms with van der Waals surface area (Å²) in [7, 11) is 0. The van der Waals surface area contributed by atoms with Gasteiger partial charge in [0.15, 0.2) is 5.65 Å². The zero-order valence-electron chi connectivity index (χ0n) is 16.7. The summed E-state index contributed by atoms with van der Waals surface area (Å²) in [6, 6.07) is 7.74. The van der Waals surface area contributed by atoms with Gasteiger partial charge in [0.1, 0.15) is 11.7 Å². The third kappa shape index (κ3) is 3.31. The second-order valence-corrected chi connectivity index (χ2v) is 7.92. The smallest absolute Gasteiger partial charge is 0.264 e. The van der Waals surface area contributed by atoms with Crippen molar-refractivity contribution in [3.8, 4) is 11.4 Å². The molecule has 0 spiro atoms. The molecule has 0 unspecified atom stereocenters. The molecule has 4 aromatic rings. The summed E-state index contributed by atoms with van der Waals surface area (Å²) in [6.07, 6.45) is 8.03. The Bertz CT molecular complexity index is 1250. The molecule has 1 aliphatic rings. The summed E-state index contributed by atoms with van der Waals surface area (Å²) < 4.78 is 4.95. The van der Waals surface area contributed by atoms with Crippen molar-refractivity contribution in [3.63, 3.8) is 0 Å². The minimum absolute atomic E-state index is 0.193. The second kappa shape index (κ2) is 7.19. The van der Waals surface area contributed by atoms with E-state index >= 15 is 0 Å². The van der Waals surface area contributed by atoms with Crippen LogP contribution in [0.3, 0.4) is 0 Å². The number of rotatable bonds is 4. The number of piperidine rings is 1. The lowest BCUT2D eigenvalue weighted by Crippen LogP contribution is -2.46. The highest BCUT2D eigenvalue weighted by Gasteiger charge is 2.30. The molecule has 3 aromatic heterocycles. The number of aryl methyl sites for hydroxylation is 1. The number of nitrogens with zero attached hydrogens (tertiary/aromatic N) is 6. The van der Waals surface area contributed by atoms with Gasteiger partial charge < -0.3 is 10.4 Å². The van der Waals surface area contributed by atoms with E-state index in [9.17, 15) is 9.90 Å². The Morgan fingerprint density at radius 3 is 2.53 bits per heavy atom. The first kappa shape index (κ1) is 18.7. The van der Waals surface area contributed by atoms with E-state index in [2.05, 4.69) is 20.5 Å². The molecule has 0 aliphatic carbocycles. The first-order valence-electron chi connectivity index (χ1n) is 10.0. The van der Waals surface area contributed by atoms with Gasteiger partial charge in [-0.05, 0) is 62.7 Å². The lowest BCUT2D eigenvalue weighted by Gasteiger charge is -2.32. The summed E-state index contributed by atoms with van der Waals surface area (Å²) in [4.78, 5) is 17.4. The summed E-state index contributed by atoms with van der Waals surface area (Å²) in [5.41, 5.74) is 2.25. The monoisotopic (exact) mass is 405 g/mol. The van der Waals surface area contributed by atoms with Crippen molar-refractivity contribution in [2.45, 2.75) is 31.9 Å². The van der Waals surface area contributed by atoms with Gasteiger partial charge in [0.25, 0.3) is 5.56 Å². The van der Waals surface area contributed by atoms with Crippen LogP contribution in [-0.4, -0.2) is 52.9 Å². The van der Waals surface area contributed by atoms with Gasteiger partial charge in [-0.15, -0.1) is 0 Å². The molecule has 0 atom stereocenters. The van der Waals surface area contributed by atoms with Crippen molar-refractivity contribution in [2.24, 2.45) is 0 Å². The molecule has 1 fully saturated rings. The Balaban J connectivity index is 1.46. The lowest BCUT2D eigenvalue weighted by atomic mass is 9.92. The van der Waals surface area contributed by atoms with Crippen molar-refractivity contribution >= 4 is 11.0 Å². The van der Waals surface area contributed by atoms with E-state index in [1.54, 1.807) is 10.9 Å². The number of hydrogen-bond acceptors (Lipinski definition) is 6. The molecule has 0 saturated carbocycles. The largest absolute Gasteiger partial charge is 0.388 e. The molecule has 0 bridgehead atoms. The predicted molar refractivity (Wildman–Crippen MR) is 112 cm³/mol. The number of nitrogens with one attached hydrogen (secondary N) is 1. The van der Waals surface area contributed by atoms with Crippen molar-refractivity contribution < 1.29 is 5.11 Å². The van der Waals surface area contributed by atoms with Crippen LogP contribution < -0.4 is 10.9 Å². The highest BCUT2D eigenvalue weighted by molar-refractivity contribution is 5.75. The highest BCUT2D eigenvalue weighted by Crippen LogP contribution is 2.21. The standard InChI is InChI=1S/C21H23N7O2/c1-15-10-24-27(12-15)16-2-4-17(5-3-16)28-19-18(11-25-28)20(29)26(14-23-19)13-21(30)6-8-22-9-7-21/h2-5,10-12,14,22,30H,6-9,13H2,1H3. The van der Waals surface area contributed by atoms with Gasteiger partial charge in [-0.3, -0.25) is 9.36 Å². The molecule has 1 saturated heterocycles. The number of hydrogen-bond donors (Lipinski definition) is 2. The summed E-state index contributed by atoms with van der Waals surface area (Å²) in [5, 5.41) is 23.1. The minimum atomic E-state index is -0.888. The fraction of sp³-hybridized carbons (Fsp3) is 0.333. The highest BCUT2D eigenvalue weighted by atomic mass is 16.3. The van der Waals surface area contributed by atoms with Crippen LogP contribution in [0.15, 0.2) is 54.0 Å². The van der Waals surface area contributed by atoms with Gasteiger partial charge in [-0.25, -0.2) is 14.3 Å². The van der Waals surface area contributed by atoms with Crippen molar-refractivity contribution in [2.75, 3.05) is 13.1 Å². The first-order valence-corrected chi connectivity index (χ1v) is 10.0. The van der Waals surface area contributed by atoms with E-state index < -0.39 is 5.60 Å². The number of aromatic nitrogens is 6. The molecule has 5 rings (SSSR count). The van der Waals surface area contributed by atoms with Crippen LogP contribution in [0, 0.1) is 6.92 Å². The van der Waals surface area contributed by atoms with Gasteiger partial charge in [-0.1, -0.05) is 0 Å². The topological polar surface area (TPSA) is 103 Å². The molecular formula is C21H23N7O2. The molecule has 9 heteroatoms. The van der Waals surface area contributed by atoms with Crippen LogP contribution in [0.4, 0.5) is 0 Å². The van der Waals surface area contributed by atoms with Gasteiger partial charge in [0, 0.05) is 6.20 Å². The predicted octanol–water partition coefficient (Wildman–Crippen LogP) is 1.19. The normalized spacial score (nSPS) is 16.2. The first-order chi connectivity index (χ1) is 14.5. The summed E-state index contributed by atoms with van der Waals surface area (Å²) >= 11 is 0. The SMILES string of the molecule is Cc1cnn(-c2ccc(-n3ncc4c(=O)n(CC5(O)CCNCC5)cnc43)cc2)c1. The Morgan fingerprint density at radius 2 is 1.83 bits per heavy atom. The van der Waals surface area contributed by atoms with E-state index in [1.807, 2.05) is 48.3 Å². The van der Waals surface area contributed by atoms with Crippen molar-refractivity contribution in [1.82, 2.24) is 34.4 Å². The molecule has 154 valence electrons. The molecule has 0 amide bonds. The van der Waals surface area contributed by atoms with Crippen LogP contribution in [0.2, 0.25) is 0 Å². The average molecular weight is 405 g/mol. The zero-order valence-corrected chi connectivity index (χ0v) is 16.7. The number of benzene rings is 1. The average Bonchev–Trinajstić information content (AvgIpc) is 3.37. The third-order valence-corrected chi connectivity index (χ3v) is 5.62. The van der Waals surface area contributed by atoms with Gasteiger partial charge >= 0.3 is 0 Å². The summed E-state index contributed by atoms with van der Waals surface area (Å²) in [6.45, 7) is 3.72. The van der Waals surface area contributed by atoms with Crippen molar-refractivity contribution in [3.05, 3.63) is 65.1 Å². The van der Waals surface area contributed by atoms with Crippen LogP contribution in [0.1, 0.15) is 18.4 Å². The minimum Gasteiger partial charge on any atom is -0.388 e. The maximum atomic E-state index is 13.0. The molecule has 1 aliphatic heterocycles. The maximum absolute atomic E-state index is 13.0. The molecular weight excluding hydrogens is 382 g/mol. The molecule has 4 heterocycles. The Morgan fingerprint density at radius 1 is 1.10 bits per heavy atom. The van der Waals surface area contributed by atoms with E-state index in [4.69, 9.17) is 0 Å². The molecule has 0 radical (unpaired) electrons. The van der Waals surface area contributed by atoms with Crippen LogP contribution >= 0.6 is 0 Å². The third-order valence-electron chi connectivity index (χ3n) is 5.62. The number of fused-ring (bicyclic) bond motifs is 1. The van der Waals surface area contributed by atoms with Crippen LogP contribution in [0.25, 0.3) is 22.4 Å². The molecule has 30 heavy (non-hydrogen) atoms. The Hall–Kier alpha value is -3.30. The van der Waals surface area contributed by atoms with E-state index in [0.717, 1.165) is 30.0 Å². The van der Waals surface area contributed by atoms with E-state index in [0.29, 0.717) is 23.9 Å². The second-order valence-electron chi connectivity index (χ2n) is 7.92. The zero-order chi connectivity index (χ0) is 20.7. The molecule has 2 N–H and O–H groups in total. The maximum Gasteiger partial charge on any atom is 0.264 e. The van der Waals surface area contributed by atoms with E-state index in [-0.39, 0.29) is 12.1 Å².